The summed E-state index contributed by atoms with van der Waals surface area (Å²) < 4.78 is 2.11. The molecular formula is C13H13N2. The molecule has 1 radical (unpaired) electrons. The third kappa shape index (κ3) is 1.56. The van der Waals surface area contributed by atoms with Gasteiger partial charge >= 0.3 is 0 Å². The summed E-state index contributed by atoms with van der Waals surface area (Å²) in [6.45, 7) is 0. The van der Waals surface area contributed by atoms with Gasteiger partial charge in [-0.2, -0.15) is 0 Å². The van der Waals surface area contributed by atoms with E-state index in [9.17, 15) is 0 Å². The Labute approximate surface area is 89.6 Å². The third-order valence-corrected chi connectivity index (χ3v) is 2.87. The predicted octanol–water partition coefficient (Wildman–Crippen LogP) is 2.76. The number of imidazole rings is 1. The summed E-state index contributed by atoms with van der Waals surface area (Å²) in [4.78, 5) is 4.69. The van der Waals surface area contributed by atoms with E-state index >= 15 is 0 Å². The first-order valence-corrected chi connectivity index (χ1v) is 5.34. The van der Waals surface area contributed by atoms with Crippen molar-refractivity contribution in [2.45, 2.75) is 18.8 Å². The highest BCUT2D eigenvalue weighted by Gasteiger charge is 2.26. The van der Waals surface area contributed by atoms with Crippen molar-refractivity contribution in [2.24, 2.45) is 7.05 Å². The number of aromatic nitrogens is 2. The van der Waals surface area contributed by atoms with Gasteiger partial charge in [0.25, 0.3) is 0 Å². The fourth-order valence-corrected chi connectivity index (χ4v) is 1.87. The van der Waals surface area contributed by atoms with E-state index in [1.165, 1.54) is 24.1 Å². The standard InChI is InChI=1S/C13H13N2/c1-15-9-12(10-7-8-10)14-13(15)11-5-3-2-4-6-11/h3-6,9-10H,7-8H2,1H3. The molecule has 1 saturated carbocycles. The van der Waals surface area contributed by atoms with Crippen LogP contribution in [-0.2, 0) is 7.05 Å². The molecule has 15 heavy (non-hydrogen) atoms. The van der Waals surface area contributed by atoms with Crippen LogP contribution in [0.4, 0.5) is 0 Å². The molecule has 0 unspecified atom stereocenters. The maximum atomic E-state index is 4.69. The Kier molecular flexibility index (Phi) is 1.88. The Hall–Kier alpha value is -1.57. The maximum absolute atomic E-state index is 4.69. The maximum Gasteiger partial charge on any atom is 0.139 e. The molecule has 0 amide bonds. The lowest BCUT2D eigenvalue weighted by Gasteiger charge is -1.99. The molecule has 1 aliphatic carbocycles. The summed E-state index contributed by atoms with van der Waals surface area (Å²) in [5, 5.41) is 0. The van der Waals surface area contributed by atoms with Crippen LogP contribution in [0, 0.1) is 6.07 Å². The van der Waals surface area contributed by atoms with E-state index in [-0.39, 0.29) is 0 Å². The van der Waals surface area contributed by atoms with Crippen LogP contribution in [0.2, 0.25) is 0 Å². The Bertz CT molecular complexity index is 467. The van der Waals surface area contributed by atoms with Crippen molar-refractivity contribution in [1.82, 2.24) is 9.55 Å². The summed E-state index contributed by atoms with van der Waals surface area (Å²) in [5.41, 5.74) is 2.42. The van der Waals surface area contributed by atoms with Crippen molar-refractivity contribution < 1.29 is 0 Å². The van der Waals surface area contributed by atoms with E-state index < -0.39 is 0 Å². The van der Waals surface area contributed by atoms with Crippen LogP contribution in [0.5, 0.6) is 0 Å². The number of benzene rings is 1. The van der Waals surface area contributed by atoms with Crippen molar-refractivity contribution in [3.05, 3.63) is 42.2 Å². The van der Waals surface area contributed by atoms with Crippen molar-refractivity contribution in [3.8, 4) is 11.4 Å². The molecule has 1 aliphatic rings. The molecule has 1 aromatic heterocycles. The van der Waals surface area contributed by atoms with Crippen LogP contribution in [0.3, 0.4) is 0 Å². The molecule has 2 aromatic rings. The summed E-state index contributed by atoms with van der Waals surface area (Å²) in [5.74, 6) is 1.78. The lowest BCUT2D eigenvalue weighted by atomic mass is 10.2. The van der Waals surface area contributed by atoms with Gasteiger partial charge in [-0.15, -0.1) is 0 Å². The number of hydrogen-bond acceptors (Lipinski definition) is 1. The van der Waals surface area contributed by atoms with Crippen molar-refractivity contribution >= 4 is 0 Å². The molecule has 0 atom stereocenters. The highest BCUT2D eigenvalue weighted by atomic mass is 15.0. The Balaban J connectivity index is 2.04. The fraction of sp³-hybridized carbons (Fsp3) is 0.308. The zero-order valence-corrected chi connectivity index (χ0v) is 8.77. The minimum Gasteiger partial charge on any atom is -0.334 e. The first-order valence-electron chi connectivity index (χ1n) is 5.34. The van der Waals surface area contributed by atoms with Gasteiger partial charge in [-0.05, 0) is 18.9 Å². The third-order valence-electron chi connectivity index (χ3n) is 2.87. The van der Waals surface area contributed by atoms with Gasteiger partial charge in [0.05, 0.1) is 5.69 Å². The van der Waals surface area contributed by atoms with Crippen molar-refractivity contribution in [2.75, 3.05) is 0 Å². The second kappa shape index (κ2) is 3.23. The summed E-state index contributed by atoms with van der Waals surface area (Å²) in [7, 11) is 2.06. The van der Waals surface area contributed by atoms with Crippen molar-refractivity contribution in [3.63, 3.8) is 0 Å². The molecule has 0 saturated heterocycles. The van der Waals surface area contributed by atoms with Gasteiger partial charge in [-0.3, -0.25) is 0 Å². The van der Waals surface area contributed by atoms with E-state index in [4.69, 9.17) is 4.98 Å². The minimum absolute atomic E-state index is 0.722. The van der Waals surface area contributed by atoms with E-state index in [0.717, 1.165) is 11.7 Å². The van der Waals surface area contributed by atoms with Crippen LogP contribution < -0.4 is 0 Å². The Morgan fingerprint density at radius 1 is 1.33 bits per heavy atom. The second-order valence-electron chi connectivity index (χ2n) is 4.16. The zero-order chi connectivity index (χ0) is 10.3. The smallest absolute Gasteiger partial charge is 0.139 e. The molecule has 3 rings (SSSR count). The molecule has 1 heterocycles. The lowest BCUT2D eigenvalue weighted by molar-refractivity contribution is 0.922. The first-order chi connectivity index (χ1) is 7.34. The topological polar surface area (TPSA) is 17.8 Å². The number of nitrogens with zero attached hydrogens (tertiary/aromatic N) is 2. The normalized spacial score (nSPS) is 15.5. The fourth-order valence-electron chi connectivity index (χ4n) is 1.87. The largest absolute Gasteiger partial charge is 0.334 e. The van der Waals surface area contributed by atoms with Gasteiger partial charge in [0.2, 0.25) is 0 Å². The molecular weight excluding hydrogens is 184 g/mol. The van der Waals surface area contributed by atoms with Crippen LogP contribution in [-0.4, -0.2) is 9.55 Å². The highest BCUT2D eigenvalue weighted by Crippen LogP contribution is 2.39. The predicted molar refractivity (Wildman–Crippen MR) is 59.5 cm³/mol. The lowest BCUT2D eigenvalue weighted by Crippen LogP contribution is -1.90. The van der Waals surface area contributed by atoms with Gasteiger partial charge in [-0.25, -0.2) is 4.98 Å². The van der Waals surface area contributed by atoms with E-state index in [0.29, 0.717) is 0 Å². The van der Waals surface area contributed by atoms with E-state index in [1.807, 2.05) is 12.1 Å². The van der Waals surface area contributed by atoms with Gasteiger partial charge in [0, 0.05) is 24.7 Å². The Morgan fingerprint density at radius 3 is 2.73 bits per heavy atom. The molecule has 2 nitrogen and oxygen atoms in total. The van der Waals surface area contributed by atoms with Gasteiger partial charge < -0.3 is 4.57 Å². The zero-order valence-electron chi connectivity index (χ0n) is 8.77. The first kappa shape index (κ1) is 8.72. The number of hydrogen-bond donors (Lipinski definition) is 0. The van der Waals surface area contributed by atoms with E-state index in [2.05, 4.69) is 36.0 Å². The SMILES string of the molecule is Cn1cc(C2CC2)nc1-c1cc[c]cc1. The molecule has 0 aliphatic heterocycles. The minimum atomic E-state index is 0.722. The van der Waals surface area contributed by atoms with Gasteiger partial charge in [0.15, 0.2) is 0 Å². The van der Waals surface area contributed by atoms with Crippen LogP contribution >= 0.6 is 0 Å². The molecule has 0 spiro atoms. The average Bonchev–Trinajstić information content (AvgIpc) is 3.04. The summed E-state index contributed by atoms with van der Waals surface area (Å²) >= 11 is 0. The second-order valence-corrected chi connectivity index (χ2v) is 4.16. The Morgan fingerprint density at radius 2 is 2.07 bits per heavy atom. The van der Waals surface area contributed by atoms with Crippen LogP contribution in [0.15, 0.2) is 30.5 Å². The van der Waals surface area contributed by atoms with Gasteiger partial charge in [-0.1, -0.05) is 24.3 Å². The molecule has 0 bridgehead atoms. The van der Waals surface area contributed by atoms with Crippen molar-refractivity contribution in [1.29, 1.82) is 0 Å². The molecule has 75 valence electrons. The number of rotatable bonds is 2. The summed E-state index contributed by atoms with van der Waals surface area (Å²) in [6, 6.07) is 11.0. The quantitative estimate of drug-likeness (QED) is 0.723. The van der Waals surface area contributed by atoms with Gasteiger partial charge in [0.1, 0.15) is 5.82 Å². The molecule has 2 heteroatoms. The van der Waals surface area contributed by atoms with Crippen LogP contribution in [0.25, 0.3) is 11.4 Å². The monoisotopic (exact) mass is 197 g/mol. The molecule has 1 fully saturated rings. The van der Waals surface area contributed by atoms with Crippen LogP contribution in [0.1, 0.15) is 24.5 Å². The average molecular weight is 197 g/mol. The number of aryl methyl sites for hydroxylation is 1. The summed E-state index contributed by atoms with van der Waals surface area (Å²) in [6.07, 6.45) is 4.77. The highest BCUT2D eigenvalue weighted by molar-refractivity contribution is 5.55. The molecule has 1 aromatic carbocycles. The molecule has 0 N–H and O–H groups in total. The van der Waals surface area contributed by atoms with E-state index in [1.54, 1.807) is 0 Å².